The third-order valence-electron chi connectivity index (χ3n) is 2.00. The number of hydrogen-bond acceptors (Lipinski definition) is 5. The Kier molecular flexibility index (Phi) is 2.77. The fraction of sp³-hybridized carbons (Fsp3) is 0.444. The van der Waals surface area contributed by atoms with E-state index >= 15 is 0 Å². The fourth-order valence-electron chi connectivity index (χ4n) is 1.25. The maximum absolute atomic E-state index is 5.39. The van der Waals surface area contributed by atoms with Crippen LogP contribution in [-0.2, 0) is 6.42 Å². The maximum atomic E-state index is 5.39. The van der Waals surface area contributed by atoms with Gasteiger partial charge in [0, 0.05) is 12.1 Å². The van der Waals surface area contributed by atoms with Gasteiger partial charge in [-0.25, -0.2) is 0 Å². The van der Waals surface area contributed by atoms with Crippen LogP contribution in [0.4, 0.5) is 0 Å². The van der Waals surface area contributed by atoms with E-state index in [4.69, 9.17) is 10.3 Å². The quantitative estimate of drug-likeness (QED) is 0.768. The fourth-order valence-corrected chi connectivity index (χ4v) is 1.25. The van der Waals surface area contributed by atoms with Crippen LogP contribution in [0.3, 0.4) is 0 Å². The zero-order valence-electron chi connectivity index (χ0n) is 8.53. The molecule has 0 radical (unpaired) electrons. The summed E-state index contributed by atoms with van der Waals surface area (Å²) in [6, 6.07) is 1.86. The second-order valence-corrected chi connectivity index (χ2v) is 3.34. The highest BCUT2D eigenvalue weighted by Gasteiger charge is 2.10. The van der Waals surface area contributed by atoms with Gasteiger partial charge in [0.25, 0.3) is 5.89 Å². The van der Waals surface area contributed by atoms with Gasteiger partial charge in [-0.1, -0.05) is 5.16 Å². The molecule has 0 aromatic carbocycles. The van der Waals surface area contributed by atoms with Crippen molar-refractivity contribution in [2.45, 2.75) is 19.8 Å². The predicted molar refractivity (Wildman–Crippen MR) is 54.0 cm³/mol. The highest BCUT2D eigenvalue weighted by Crippen LogP contribution is 2.15. The number of hydrogen-bond donors (Lipinski definition) is 2. The zero-order valence-corrected chi connectivity index (χ0v) is 8.53. The van der Waals surface area contributed by atoms with Gasteiger partial charge in [-0.05, 0) is 26.0 Å². The molecule has 0 amide bonds. The van der Waals surface area contributed by atoms with Crippen LogP contribution in [0.1, 0.15) is 17.9 Å². The monoisotopic (exact) mass is 207 g/mol. The Labute approximate surface area is 86.9 Å². The van der Waals surface area contributed by atoms with Crippen LogP contribution >= 0.6 is 0 Å². The van der Waals surface area contributed by atoms with E-state index < -0.39 is 0 Å². The molecule has 0 bridgehead atoms. The third-order valence-corrected chi connectivity index (χ3v) is 2.00. The molecule has 2 rings (SSSR count). The largest absolute Gasteiger partial charge is 0.332 e. The molecule has 0 fully saturated rings. The number of nitrogens with one attached hydrogen (secondary N) is 1. The first-order chi connectivity index (χ1) is 7.29. The Bertz CT molecular complexity index is 433. The number of H-pyrrole nitrogens is 1. The number of aryl methyl sites for hydroxylation is 2. The molecule has 6 heteroatoms. The summed E-state index contributed by atoms with van der Waals surface area (Å²) in [6.45, 7) is 2.55. The molecule has 6 nitrogen and oxygen atoms in total. The van der Waals surface area contributed by atoms with Gasteiger partial charge in [0.05, 0.1) is 0 Å². The molecule has 0 aliphatic carbocycles. The van der Waals surface area contributed by atoms with E-state index in [0.29, 0.717) is 24.0 Å². The molecule has 2 aromatic heterocycles. The van der Waals surface area contributed by atoms with Crippen molar-refractivity contribution in [2.24, 2.45) is 5.73 Å². The van der Waals surface area contributed by atoms with Crippen LogP contribution < -0.4 is 5.73 Å². The van der Waals surface area contributed by atoms with Gasteiger partial charge in [-0.2, -0.15) is 10.1 Å². The van der Waals surface area contributed by atoms with Crippen molar-refractivity contribution >= 4 is 0 Å². The molecule has 0 unspecified atom stereocenters. The summed E-state index contributed by atoms with van der Waals surface area (Å²) < 4.78 is 5.08. The van der Waals surface area contributed by atoms with Crippen LogP contribution in [0.15, 0.2) is 10.6 Å². The second-order valence-electron chi connectivity index (χ2n) is 3.34. The van der Waals surface area contributed by atoms with Gasteiger partial charge in [0.1, 0.15) is 0 Å². The van der Waals surface area contributed by atoms with Gasteiger partial charge in [0.15, 0.2) is 11.5 Å². The molecule has 0 aliphatic heterocycles. The summed E-state index contributed by atoms with van der Waals surface area (Å²) in [5.74, 6) is 1.13. The van der Waals surface area contributed by atoms with Crippen LogP contribution in [0, 0.1) is 6.92 Å². The lowest BCUT2D eigenvalue weighted by atomic mass is 10.3. The molecule has 3 N–H and O–H groups in total. The normalized spacial score (nSPS) is 10.8. The van der Waals surface area contributed by atoms with Crippen molar-refractivity contribution in [2.75, 3.05) is 6.54 Å². The minimum Gasteiger partial charge on any atom is -0.332 e. The highest BCUT2D eigenvalue weighted by atomic mass is 16.5. The molecule has 15 heavy (non-hydrogen) atoms. The van der Waals surface area contributed by atoms with Crippen LogP contribution in [0.2, 0.25) is 0 Å². The van der Waals surface area contributed by atoms with E-state index in [1.807, 2.05) is 13.0 Å². The number of aromatic nitrogens is 4. The first-order valence-corrected chi connectivity index (χ1v) is 4.84. The smallest absolute Gasteiger partial charge is 0.278 e. The average Bonchev–Trinajstić information content (AvgIpc) is 2.83. The second kappa shape index (κ2) is 4.22. The average molecular weight is 207 g/mol. The predicted octanol–water partition coefficient (Wildman–Crippen LogP) is 0.659. The molecular weight excluding hydrogens is 194 g/mol. The lowest BCUT2D eigenvalue weighted by Gasteiger charge is -1.87. The highest BCUT2D eigenvalue weighted by molar-refractivity contribution is 5.46. The molecule has 0 spiro atoms. The summed E-state index contributed by atoms with van der Waals surface area (Å²) in [4.78, 5) is 4.22. The van der Waals surface area contributed by atoms with Gasteiger partial charge in [-0.3, -0.25) is 5.10 Å². The number of nitrogens with two attached hydrogens (primary N) is 1. The summed E-state index contributed by atoms with van der Waals surface area (Å²) in [6.07, 6.45) is 1.60. The van der Waals surface area contributed by atoms with E-state index in [1.165, 1.54) is 0 Å². The van der Waals surface area contributed by atoms with E-state index in [2.05, 4.69) is 20.3 Å². The van der Waals surface area contributed by atoms with Crippen molar-refractivity contribution in [3.8, 4) is 11.6 Å². The molecule has 2 heterocycles. The Balaban J connectivity index is 2.13. The third kappa shape index (κ3) is 2.21. The van der Waals surface area contributed by atoms with Crippen LogP contribution in [-0.4, -0.2) is 26.9 Å². The molecular formula is C9H13N5O. The zero-order chi connectivity index (χ0) is 10.7. The minimum absolute atomic E-state index is 0.450. The van der Waals surface area contributed by atoms with E-state index in [1.54, 1.807) is 0 Å². The van der Waals surface area contributed by atoms with Gasteiger partial charge < -0.3 is 10.3 Å². The lowest BCUT2D eigenvalue weighted by Crippen LogP contribution is -2.01. The standard InChI is InChI=1S/C9H13N5O/c1-6-5-7(13-12-6)9-11-8(14-15-9)3-2-4-10/h5H,2-4,10H2,1H3,(H,12,13). The molecule has 0 aliphatic rings. The van der Waals surface area contributed by atoms with E-state index in [9.17, 15) is 0 Å². The number of nitrogens with zero attached hydrogens (tertiary/aromatic N) is 3. The first-order valence-electron chi connectivity index (χ1n) is 4.84. The van der Waals surface area contributed by atoms with Crippen molar-refractivity contribution < 1.29 is 4.52 Å². The Morgan fingerprint density at radius 3 is 3.07 bits per heavy atom. The summed E-state index contributed by atoms with van der Waals surface area (Å²) in [5, 5.41) is 10.7. The summed E-state index contributed by atoms with van der Waals surface area (Å²) >= 11 is 0. The summed E-state index contributed by atoms with van der Waals surface area (Å²) in [7, 11) is 0. The van der Waals surface area contributed by atoms with E-state index in [0.717, 1.165) is 18.5 Å². The summed E-state index contributed by atoms with van der Waals surface area (Å²) in [5.41, 5.74) is 7.04. The van der Waals surface area contributed by atoms with Gasteiger partial charge in [-0.15, -0.1) is 0 Å². The van der Waals surface area contributed by atoms with Crippen LogP contribution in [0.5, 0.6) is 0 Å². The SMILES string of the molecule is Cc1cc(-c2nc(CCCN)no2)n[nH]1. The minimum atomic E-state index is 0.450. The Morgan fingerprint density at radius 2 is 2.40 bits per heavy atom. The molecule has 0 saturated heterocycles. The molecule has 0 saturated carbocycles. The van der Waals surface area contributed by atoms with Gasteiger partial charge >= 0.3 is 0 Å². The van der Waals surface area contributed by atoms with Crippen molar-refractivity contribution in [1.29, 1.82) is 0 Å². The topological polar surface area (TPSA) is 93.6 Å². The van der Waals surface area contributed by atoms with Crippen molar-refractivity contribution in [1.82, 2.24) is 20.3 Å². The number of rotatable bonds is 4. The van der Waals surface area contributed by atoms with Gasteiger partial charge in [0.2, 0.25) is 0 Å². The molecule has 2 aromatic rings. The Morgan fingerprint density at radius 1 is 1.53 bits per heavy atom. The maximum Gasteiger partial charge on any atom is 0.278 e. The van der Waals surface area contributed by atoms with Crippen LogP contribution in [0.25, 0.3) is 11.6 Å². The van der Waals surface area contributed by atoms with Crippen molar-refractivity contribution in [3.05, 3.63) is 17.6 Å². The number of aromatic amines is 1. The lowest BCUT2D eigenvalue weighted by molar-refractivity contribution is 0.420. The molecule has 0 atom stereocenters. The first kappa shape index (κ1) is 9.85. The molecule has 80 valence electrons. The van der Waals surface area contributed by atoms with Crippen molar-refractivity contribution in [3.63, 3.8) is 0 Å². The van der Waals surface area contributed by atoms with E-state index in [-0.39, 0.29) is 0 Å². The Hall–Kier alpha value is -1.69.